The highest BCUT2D eigenvalue weighted by molar-refractivity contribution is 7.26. The van der Waals surface area contributed by atoms with Crippen LogP contribution in [0.1, 0.15) is 214 Å². The van der Waals surface area contributed by atoms with Crippen LogP contribution in [0.15, 0.2) is 0 Å². The third-order valence-electron chi connectivity index (χ3n) is 9.75. The Morgan fingerprint density at radius 3 is 0.975 bits per heavy atom. The van der Waals surface area contributed by atoms with E-state index < -0.39 is 0 Å². The fourth-order valence-corrected chi connectivity index (χ4v) is 8.61. The molecule has 0 unspecified atom stereocenters. The lowest BCUT2D eigenvalue weighted by atomic mass is 9.62. The first-order valence-corrected chi connectivity index (χ1v) is 20.1. The predicted octanol–water partition coefficient (Wildman–Crippen LogP) is 14.7. The van der Waals surface area contributed by atoms with E-state index in [0.29, 0.717) is 8.46 Å². The van der Waals surface area contributed by atoms with E-state index in [9.17, 15) is 9.13 Å². The maximum absolute atomic E-state index is 13.5. The van der Waals surface area contributed by atoms with Gasteiger partial charge in [-0.3, -0.25) is 9.13 Å². The molecule has 0 aromatic heterocycles. The van der Waals surface area contributed by atoms with Crippen LogP contribution in [0.3, 0.4) is 0 Å². The second-order valence-corrected chi connectivity index (χ2v) is 14.8. The van der Waals surface area contributed by atoms with Crippen molar-refractivity contribution in [1.82, 2.24) is 0 Å². The first kappa shape index (κ1) is 40.2. The van der Waals surface area contributed by atoms with Crippen LogP contribution in [0.5, 0.6) is 0 Å². The summed E-state index contributed by atoms with van der Waals surface area (Å²) in [6, 6.07) is 0. The molecule has 0 aromatic carbocycles. The molecule has 0 aliphatic heterocycles. The minimum atomic E-state index is -0.139. The van der Waals surface area contributed by atoms with Crippen molar-refractivity contribution in [3.8, 4) is 0 Å². The Morgan fingerprint density at radius 1 is 0.375 bits per heavy atom. The molecule has 0 radical (unpaired) electrons. The van der Waals surface area contributed by atoms with Gasteiger partial charge in [0.05, 0.1) is 5.16 Å². The molecule has 0 bridgehead atoms. The molecule has 4 heteroatoms. The Balaban J connectivity index is 5.86. The van der Waals surface area contributed by atoms with E-state index in [2.05, 4.69) is 27.7 Å². The molecule has 0 fully saturated rings. The summed E-state index contributed by atoms with van der Waals surface area (Å²) in [6.07, 6.45) is 37.5. The first-order chi connectivity index (χ1) is 19.6. The molecule has 238 valence electrons. The summed E-state index contributed by atoms with van der Waals surface area (Å²) < 4.78 is 25.4. The highest BCUT2D eigenvalue weighted by Crippen LogP contribution is 2.57. The van der Waals surface area contributed by atoms with Gasteiger partial charge in [0.1, 0.15) is 0 Å². The van der Waals surface area contributed by atoms with Crippen LogP contribution in [-0.4, -0.2) is 11.3 Å². The van der Waals surface area contributed by atoms with Crippen LogP contribution in [0.4, 0.5) is 0 Å². The van der Waals surface area contributed by atoms with Crippen LogP contribution >= 0.6 is 16.9 Å². The van der Waals surface area contributed by atoms with Crippen molar-refractivity contribution in [2.24, 2.45) is 5.41 Å². The Morgan fingerprint density at radius 2 is 0.675 bits per heavy atom. The summed E-state index contributed by atoms with van der Waals surface area (Å²) in [5, 5.41) is -0.139. The second kappa shape index (κ2) is 29.3. The summed E-state index contributed by atoms with van der Waals surface area (Å²) in [4.78, 5) is 0. The molecule has 0 aromatic rings. The topological polar surface area (TPSA) is 34.1 Å². The summed E-state index contributed by atoms with van der Waals surface area (Å²) in [7, 11) is 0.661. The maximum atomic E-state index is 13.5. The molecular formula is C36H72O2P2. The monoisotopic (exact) mass is 599 g/mol. The minimum Gasteiger partial charge on any atom is -0.275 e. The van der Waals surface area contributed by atoms with Gasteiger partial charge in [0, 0.05) is 6.16 Å². The Labute approximate surface area is 256 Å². The molecule has 0 atom stereocenters. The standard InChI is InChI=1S/C36H72O2P2/c1-5-9-13-17-21-25-29-35(33-34-39-37,30-26-22-18-14-10-6-2)36(40-38,31-27-23-19-15-11-7-3)32-28-24-20-16-12-8-4/h5-34H2,1-4H3. The van der Waals surface area contributed by atoms with Crippen LogP contribution in [0.2, 0.25) is 0 Å². The largest absolute Gasteiger partial charge is 0.275 e. The normalized spacial score (nSPS) is 12.6. The van der Waals surface area contributed by atoms with E-state index >= 15 is 0 Å². The van der Waals surface area contributed by atoms with Crippen LogP contribution in [-0.2, 0) is 9.13 Å². The molecule has 0 aliphatic carbocycles. The lowest BCUT2D eigenvalue weighted by Gasteiger charge is -2.48. The van der Waals surface area contributed by atoms with E-state index in [4.69, 9.17) is 0 Å². The van der Waals surface area contributed by atoms with Gasteiger partial charge < -0.3 is 0 Å². The molecular weight excluding hydrogens is 526 g/mol. The van der Waals surface area contributed by atoms with E-state index in [1.54, 1.807) is 0 Å². The zero-order chi connectivity index (χ0) is 29.6. The van der Waals surface area contributed by atoms with Gasteiger partial charge in [0.2, 0.25) is 0 Å². The summed E-state index contributed by atoms with van der Waals surface area (Å²) in [6.45, 7) is 9.16. The van der Waals surface area contributed by atoms with E-state index in [-0.39, 0.29) is 19.0 Å². The lowest BCUT2D eigenvalue weighted by molar-refractivity contribution is 0.116. The molecule has 40 heavy (non-hydrogen) atoms. The number of hydrogen-bond acceptors (Lipinski definition) is 2. The Hall–Kier alpha value is 0.200. The highest BCUT2D eigenvalue weighted by atomic mass is 31.1. The molecule has 2 nitrogen and oxygen atoms in total. The molecule has 0 saturated carbocycles. The van der Waals surface area contributed by atoms with Crippen molar-refractivity contribution in [3.63, 3.8) is 0 Å². The summed E-state index contributed by atoms with van der Waals surface area (Å²) >= 11 is 0. The Kier molecular flexibility index (Phi) is 29.4. The van der Waals surface area contributed by atoms with Gasteiger partial charge in [0.15, 0.2) is 16.9 Å². The Bertz CT molecular complexity index is 519. The summed E-state index contributed by atoms with van der Waals surface area (Å²) in [5.41, 5.74) is 0.0655. The van der Waals surface area contributed by atoms with Gasteiger partial charge in [-0.2, -0.15) is 0 Å². The molecule has 0 amide bonds. The van der Waals surface area contributed by atoms with Crippen molar-refractivity contribution >= 4 is 16.9 Å². The summed E-state index contributed by atoms with van der Waals surface area (Å²) in [5.74, 6) is 0. The fraction of sp³-hybridized carbons (Fsp3) is 1.00. The van der Waals surface area contributed by atoms with Gasteiger partial charge in [-0.15, -0.1) is 0 Å². The van der Waals surface area contributed by atoms with Crippen molar-refractivity contribution < 1.29 is 9.13 Å². The molecule has 0 rings (SSSR count). The third kappa shape index (κ3) is 18.7. The average Bonchev–Trinajstić information content (AvgIpc) is 2.97. The number of unbranched alkanes of at least 4 members (excludes halogenated alkanes) is 20. The van der Waals surface area contributed by atoms with Gasteiger partial charge in [-0.25, -0.2) is 0 Å². The lowest BCUT2D eigenvalue weighted by Crippen LogP contribution is -2.45. The minimum absolute atomic E-state index is 0.0655. The second-order valence-electron chi connectivity index (χ2n) is 13.1. The quantitative estimate of drug-likeness (QED) is 0.0556. The van der Waals surface area contributed by atoms with Crippen LogP contribution in [0.25, 0.3) is 0 Å². The maximum Gasteiger partial charge on any atom is 0.162 e. The zero-order valence-electron chi connectivity index (χ0n) is 27.9. The molecule has 0 aliphatic rings. The SMILES string of the molecule is CCCCCCCCC(CCCCCCCC)(CCP=O)C(CCCCCCCC)(CCCCCCCC)P=O. The van der Waals surface area contributed by atoms with Crippen molar-refractivity contribution in [3.05, 3.63) is 0 Å². The van der Waals surface area contributed by atoms with Gasteiger partial charge in [0.25, 0.3) is 0 Å². The van der Waals surface area contributed by atoms with Crippen LogP contribution in [0, 0.1) is 5.41 Å². The zero-order valence-corrected chi connectivity index (χ0v) is 29.7. The van der Waals surface area contributed by atoms with Crippen molar-refractivity contribution in [2.45, 2.75) is 219 Å². The average molecular weight is 599 g/mol. The predicted molar refractivity (Wildman–Crippen MR) is 182 cm³/mol. The van der Waals surface area contributed by atoms with E-state index in [0.717, 1.165) is 25.4 Å². The van der Waals surface area contributed by atoms with Gasteiger partial charge in [-0.05, 0) is 37.5 Å². The molecule has 0 heterocycles. The van der Waals surface area contributed by atoms with Gasteiger partial charge in [-0.1, -0.05) is 182 Å². The highest BCUT2D eigenvalue weighted by Gasteiger charge is 2.50. The van der Waals surface area contributed by atoms with Crippen LogP contribution < -0.4 is 0 Å². The third-order valence-corrected chi connectivity index (χ3v) is 11.4. The van der Waals surface area contributed by atoms with Crippen molar-refractivity contribution in [1.29, 1.82) is 0 Å². The smallest absolute Gasteiger partial charge is 0.162 e. The van der Waals surface area contributed by atoms with E-state index in [1.165, 1.54) is 167 Å². The van der Waals surface area contributed by atoms with E-state index in [1.807, 2.05) is 0 Å². The van der Waals surface area contributed by atoms with Gasteiger partial charge >= 0.3 is 0 Å². The molecule has 0 N–H and O–H groups in total. The molecule has 0 saturated heterocycles. The fourth-order valence-electron chi connectivity index (χ4n) is 7.06. The number of hydrogen-bond donors (Lipinski definition) is 0. The molecule has 0 spiro atoms. The first-order valence-electron chi connectivity index (χ1n) is 18.3. The number of rotatable bonds is 33. The van der Waals surface area contributed by atoms with Crippen molar-refractivity contribution in [2.75, 3.05) is 6.16 Å².